The Morgan fingerprint density at radius 2 is 1.83 bits per heavy atom. The topological polar surface area (TPSA) is 49.4 Å². The van der Waals surface area contributed by atoms with Crippen LogP contribution in [-0.2, 0) is 21.9 Å². The van der Waals surface area contributed by atoms with Crippen molar-refractivity contribution in [1.29, 1.82) is 0 Å². The normalized spacial score (nSPS) is 12.0. The SMILES string of the molecule is CC(C)NC(=O)C(C)N(Cc1cccc(Cl)c1)C(=O)CSCc1c(F)cccc1Cl. The van der Waals surface area contributed by atoms with E-state index in [1.165, 1.54) is 22.7 Å². The van der Waals surface area contributed by atoms with Gasteiger partial charge in [0, 0.05) is 33.9 Å². The fourth-order valence-electron chi connectivity index (χ4n) is 2.81. The van der Waals surface area contributed by atoms with E-state index in [2.05, 4.69) is 5.32 Å². The van der Waals surface area contributed by atoms with Gasteiger partial charge in [0.05, 0.1) is 5.75 Å². The number of amides is 2. The molecule has 0 saturated carbocycles. The molecule has 4 nitrogen and oxygen atoms in total. The second-order valence-corrected chi connectivity index (χ2v) is 9.01. The molecule has 1 unspecified atom stereocenters. The minimum atomic E-state index is -0.670. The van der Waals surface area contributed by atoms with Crippen LogP contribution in [-0.4, -0.2) is 34.6 Å². The summed E-state index contributed by atoms with van der Waals surface area (Å²) in [6.45, 7) is 5.66. The third-order valence-electron chi connectivity index (χ3n) is 4.37. The van der Waals surface area contributed by atoms with Crippen LogP contribution >= 0.6 is 35.0 Å². The highest BCUT2D eigenvalue weighted by Gasteiger charge is 2.26. The Morgan fingerprint density at radius 3 is 2.47 bits per heavy atom. The zero-order valence-electron chi connectivity index (χ0n) is 17.1. The van der Waals surface area contributed by atoms with Crippen LogP contribution in [0.15, 0.2) is 42.5 Å². The van der Waals surface area contributed by atoms with Crippen LogP contribution in [0, 0.1) is 5.82 Å². The molecule has 0 bridgehead atoms. The summed E-state index contributed by atoms with van der Waals surface area (Å²) in [5.41, 5.74) is 1.19. The van der Waals surface area contributed by atoms with Crippen LogP contribution in [0.25, 0.3) is 0 Å². The Kier molecular flexibility index (Phi) is 9.46. The Morgan fingerprint density at radius 1 is 1.13 bits per heavy atom. The summed E-state index contributed by atoms with van der Waals surface area (Å²) >= 11 is 13.4. The highest BCUT2D eigenvalue weighted by Crippen LogP contribution is 2.24. The van der Waals surface area contributed by atoms with Crippen molar-refractivity contribution in [2.24, 2.45) is 0 Å². The van der Waals surface area contributed by atoms with Gasteiger partial charge in [-0.2, -0.15) is 0 Å². The van der Waals surface area contributed by atoms with Crippen molar-refractivity contribution in [2.45, 2.75) is 45.2 Å². The van der Waals surface area contributed by atoms with Crippen LogP contribution in [0.3, 0.4) is 0 Å². The van der Waals surface area contributed by atoms with E-state index in [1.807, 2.05) is 19.9 Å². The van der Waals surface area contributed by atoms with Crippen LogP contribution in [0.5, 0.6) is 0 Å². The number of hydrogen-bond acceptors (Lipinski definition) is 3. The number of nitrogens with zero attached hydrogens (tertiary/aromatic N) is 1. The molecule has 2 amide bonds. The van der Waals surface area contributed by atoms with Gasteiger partial charge in [-0.25, -0.2) is 4.39 Å². The number of benzene rings is 2. The first-order valence-corrected chi connectivity index (χ1v) is 11.4. The number of thioether (sulfide) groups is 1. The van der Waals surface area contributed by atoms with Gasteiger partial charge < -0.3 is 10.2 Å². The van der Waals surface area contributed by atoms with Gasteiger partial charge in [-0.1, -0.05) is 41.4 Å². The Balaban J connectivity index is 2.11. The quantitative estimate of drug-likeness (QED) is 0.540. The molecule has 0 aromatic heterocycles. The maximum atomic E-state index is 14.0. The van der Waals surface area contributed by atoms with Gasteiger partial charge in [0.1, 0.15) is 11.9 Å². The Labute approximate surface area is 191 Å². The average Bonchev–Trinajstić information content (AvgIpc) is 2.67. The van der Waals surface area contributed by atoms with Crippen molar-refractivity contribution in [3.63, 3.8) is 0 Å². The summed E-state index contributed by atoms with van der Waals surface area (Å²) in [5, 5.41) is 3.73. The summed E-state index contributed by atoms with van der Waals surface area (Å²) in [5.74, 6) is -0.511. The highest BCUT2D eigenvalue weighted by molar-refractivity contribution is 7.99. The molecule has 8 heteroatoms. The first-order valence-electron chi connectivity index (χ1n) is 9.54. The standard InChI is InChI=1S/C22H25Cl2FN2O2S/c1-14(2)26-22(29)15(3)27(11-16-6-4-7-17(23)10-16)21(28)13-30-12-18-19(24)8-5-9-20(18)25/h4-10,14-15H,11-13H2,1-3H3,(H,26,29). The smallest absolute Gasteiger partial charge is 0.242 e. The van der Waals surface area contributed by atoms with E-state index in [-0.39, 0.29) is 35.9 Å². The molecule has 30 heavy (non-hydrogen) atoms. The van der Waals surface area contributed by atoms with E-state index in [4.69, 9.17) is 23.2 Å². The first-order chi connectivity index (χ1) is 14.2. The molecule has 0 radical (unpaired) electrons. The number of nitrogens with one attached hydrogen (secondary N) is 1. The van der Waals surface area contributed by atoms with Crippen LogP contribution in [0.1, 0.15) is 31.9 Å². The van der Waals surface area contributed by atoms with Crippen molar-refractivity contribution in [3.05, 3.63) is 69.5 Å². The molecule has 0 aliphatic heterocycles. The van der Waals surface area contributed by atoms with Crippen molar-refractivity contribution in [3.8, 4) is 0 Å². The molecule has 0 fully saturated rings. The first kappa shape index (κ1) is 24.5. The van der Waals surface area contributed by atoms with E-state index in [0.29, 0.717) is 15.6 Å². The highest BCUT2D eigenvalue weighted by atomic mass is 35.5. The van der Waals surface area contributed by atoms with E-state index < -0.39 is 11.9 Å². The number of hydrogen-bond donors (Lipinski definition) is 1. The Bertz CT molecular complexity index is 875. The summed E-state index contributed by atoms with van der Waals surface area (Å²) < 4.78 is 14.0. The van der Waals surface area contributed by atoms with Crippen LogP contribution in [0.4, 0.5) is 4.39 Å². The molecule has 0 saturated heterocycles. The molecule has 2 aromatic carbocycles. The zero-order chi connectivity index (χ0) is 22.3. The lowest BCUT2D eigenvalue weighted by atomic mass is 10.1. The van der Waals surface area contributed by atoms with Crippen LogP contribution < -0.4 is 5.32 Å². The van der Waals surface area contributed by atoms with Crippen molar-refractivity contribution < 1.29 is 14.0 Å². The maximum absolute atomic E-state index is 14.0. The van der Waals surface area contributed by atoms with Gasteiger partial charge in [-0.05, 0) is 50.6 Å². The molecule has 0 spiro atoms. The van der Waals surface area contributed by atoms with Crippen molar-refractivity contribution in [2.75, 3.05) is 5.75 Å². The maximum Gasteiger partial charge on any atom is 0.242 e. The number of carbonyl (C=O) groups is 2. The molecule has 162 valence electrons. The largest absolute Gasteiger partial charge is 0.352 e. The van der Waals surface area contributed by atoms with Crippen molar-refractivity contribution in [1.82, 2.24) is 10.2 Å². The summed E-state index contributed by atoms with van der Waals surface area (Å²) in [4.78, 5) is 27.0. The van der Waals surface area contributed by atoms with E-state index in [9.17, 15) is 14.0 Å². The average molecular weight is 471 g/mol. The predicted octanol–water partition coefficient (Wildman–Crippen LogP) is 5.31. The molecule has 0 heterocycles. The summed E-state index contributed by atoms with van der Waals surface area (Å²) in [6, 6.07) is 11.0. The predicted molar refractivity (Wildman–Crippen MR) is 122 cm³/mol. The van der Waals surface area contributed by atoms with Gasteiger partial charge in [-0.3, -0.25) is 9.59 Å². The van der Waals surface area contributed by atoms with Crippen molar-refractivity contribution >= 4 is 46.8 Å². The van der Waals surface area contributed by atoms with Crippen LogP contribution in [0.2, 0.25) is 10.0 Å². The molecule has 1 atom stereocenters. The lowest BCUT2D eigenvalue weighted by Gasteiger charge is -2.29. The second-order valence-electron chi connectivity index (χ2n) is 7.18. The van der Waals surface area contributed by atoms with Gasteiger partial charge in [0.25, 0.3) is 0 Å². The summed E-state index contributed by atoms with van der Waals surface area (Å²) in [6.07, 6.45) is 0. The fraction of sp³-hybridized carbons (Fsp3) is 0.364. The fourth-order valence-corrected chi connectivity index (χ4v) is 4.28. The third kappa shape index (κ3) is 7.18. The minimum absolute atomic E-state index is 0.0411. The van der Waals surface area contributed by atoms with Gasteiger partial charge >= 0.3 is 0 Å². The second kappa shape index (κ2) is 11.6. The molecule has 0 aliphatic rings. The molecule has 0 aliphatic carbocycles. The molecule has 2 rings (SSSR count). The number of halogens is 3. The number of rotatable bonds is 9. The van der Waals surface area contributed by atoms with Gasteiger partial charge in [0.15, 0.2) is 0 Å². The molecular formula is C22H25Cl2FN2O2S. The lowest BCUT2D eigenvalue weighted by Crippen LogP contribution is -2.49. The molecule has 1 N–H and O–H groups in total. The monoisotopic (exact) mass is 470 g/mol. The lowest BCUT2D eigenvalue weighted by molar-refractivity contribution is -0.138. The summed E-state index contributed by atoms with van der Waals surface area (Å²) in [7, 11) is 0. The van der Waals surface area contributed by atoms with E-state index in [1.54, 1.807) is 37.3 Å². The molecule has 2 aromatic rings. The minimum Gasteiger partial charge on any atom is -0.352 e. The zero-order valence-corrected chi connectivity index (χ0v) is 19.5. The van der Waals surface area contributed by atoms with Gasteiger partial charge in [0.2, 0.25) is 11.8 Å². The van der Waals surface area contributed by atoms with Gasteiger partial charge in [-0.15, -0.1) is 11.8 Å². The number of carbonyl (C=O) groups excluding carboxylic acids is 2. The molecular weight excluding hydrogens is 446 g/mol. The van der Waals surface area contributed by atoms with E-state index >= 15 is 0 Å². The third-order valence-corrected chi connectivity index (χ3v) is 5.91. The van der Waals surface area contributed by atoms with E-state index in [0.717, 1.165) is 5.56 Å². The Hall–Kier alpha value is -1.76.